The Morgan fingerprint density at radius 3 is 2.62 bits per heavy atom. The number of Topliss-reactive ketones (excluding diaryl/α,β-unsaturated/α-hetero) is 1. The smallest absolute Gasteiger partial charge is 0.246 e. The largest absolute Gasteiger partial charge is 0.376 e. The molecule has 0 fully saturated rings. The van der Waals surface area contributed by atoms with Gasteiger partial charge in [0.1, 0.15) is 5.82 Å². The van der Waals surface area contributed by atoms with Crippen molar-refractivity contribution in [1.82, 2.24) is 10.1 Å². The molecule has 6 heteroatoms. The van der Waals surface area contributed by atoms with Crippen molar-refractivity contribution < 1.29 is 13.7 Å². The molecule has 0 aliphatic heterocycles. The van der Waals surface area contributed by atoms with Gasteiger partial charge in [0.15, 0.2) is 5.78 Å². The minimum absolute atomic E-state index is 0.0256. The molecular weight excluding hydrogens is 309 g/mol. The molecule has 1 aromatic heterocycles. The van der Waals surface area contributed by atoms with Crippen LogP contribution in [0.5, 0.6) is 0 Å². The summed E-state index contributed by atoms with van der Waals surface area (Å²) in [4.78, 5) is 15.5. The third kappa shape index (κ3) is 3.48. The summed E-state index contributed by atoms with van der Waals surface area (Å²) < 4.78 is 18.5. The number of carbonyl (C=O) groups excluding carboxylic acids is 1. The van der Waals surface area contributed by atoms with Crippen LogP contribution in [0.2, 0.25) is 0 Å². The van der Waals surface area contributed by atoms with Crippen LogP contribution in [-0.2, 0) is 6.54 Å². The molecule has 3 aromatic rings. The van der Waals surface area contributed by atoms with Gasteiger partial charge in [-0.2, -0.15) is 4.98 Å². The Hall–Kier alpha value is -3.02. The maximum atomic E-state index is 13.3. The molecule has 122 valence electrons. The molecule has 0 unspecified atom stereocenters. The van der Waals surface area contributed by atoms with E-state index in [1.54, 1.807) is 31.2 Å². The number of carbonyl (C=O) groups is 1. The van der Waals surface area contributed by atoms with Crippen molar-refractivity contribution in [2.24, 2.45) is 0 Å². The Bertz CT molecular complexity index is 872. The zero-order valence-electron chi connectivity index (χ0n) is 13.3. The van der Waals surface area contributed by atoms with E-state index >= 15 is 0 Å². The summed E-state index contributed by atoms with van der Waals surface area (Å²) in [5, 5.41) is 7.06. The third-order valence-electron chi connectivity index (χ3n) is 3.62. The van der Waals surface area contributed by atoms with Gasteiger partial charge in [-0.1, -0.05) is 5.16 Å². The average molecular weight is 325 g/mol. The van der Waals surface area contributed by atoms with Crippen molar-refractivity contribution in [3.8, 4) is 11.4 Å². The van der Waals surface area contributed by atoms with Crippen LogP contribution in [-0.4, -0.2) is 15.9 Å². The van der Waals surface area contributed by atoms with E-state index in [1.807, 2.05) is 12.1 Å². The molecule has 0 amide bonds. The number of anilines is 1. The van der Waals surface area contributed by atoms with Crippen molar-refractivity contribution in [2.45, 2.75) is 20.4 Å². The Labute approximate surface area is 138 Å². The van der Waals surface area contributed by atoms with Crippen molar-refractivity contribution in [3.05, 3.63) is 65.3 Å². The van der Waals surface area contributed by atoms with Gasteiger partial charge in [-0.25, -0.2) is 4.39 Å². The molecule has 0 spiro atoms. The zero-order valence-corrected chi connectivity index (χ0v) is 13.3. The SMILES string of the molecule is CC(=O)c1ccc(NCc2nc(-c3ccc(F)c(C)c3)no2)cc1. The van der Waals surface area contributed by atoms with Gasteiger partial charge in [0.2, 0.25) is 11.7 Å². The van der Waals surface area contributed by atoms with Crippen molar-refractivity contribution in [3.63, 3.8) is 0 Å². The highest BCUT2D eigenvalue weighted by atomic mass is 19.1. The van der Waals surface area contributed by atoms with Crippen LogP contribution in [0.25, 0.3) is 11.4 Å². The maximum absolute atomic E-state index is 13.3. The number of halogens is 1. The summed E-state index contributed by atoms with van der Waals surface area (Å²) >= 11 is 0. The molecule has 0 atom stereocenters. The van der Waals surface area contributed by atoms with Gasteiger partial charge >= 0.3 is 0 Å². The van der Waals surface area contributed by atoms with Crippen LogP contribution in [0.3, 0.4) is 0 Å². The lowest BCUT2D eigenvalue weighted by atomic mass is 10.1. The summed E-state index contributed by atoms with van der Waals surface area (Å²) in [6, 6.07) is 11.8. The van der Waals surface area contributed by atoms with Gasteiger partial charge in [0.05, 0.1) is 6.54 Å². The van der Waals surface area contributed by atoms with Gasteiger partial charge in [-0.05, 0) is 61.9 Å². The summed E-state index contributed by atoms with van der Waals surface area (Å²) in [7, 11) is 0. The normalized spacial score (nSPS) is 10.6. The molecule has 5 nitrogen and oxygen atoms in total. The second kappa shape index (κ2) is 6.62. The van der Waals surface area contributed by atoms with Gasteiger partial charge in [-0.3, -0.25) is 4.79 Å². The molecule has 1 heterocycles. The third-order valence-corrected chi connectivity index (χ3v) is 3.62. The molecular formula is C18H16FN3O2. The first-order chi connectivity index (χ1) is 11.5. The lowest BCUT2D eigenvalue weighted by Crippen LogP contribution is -2.00. The van der Waals surface area contributed by atoms with E-state index in [0.717, 1.165) is 5.69 Å². The molecule has 0 aliphatic carbocycles. The first-order valence-electron chi connectivity index (χ1n) is 7.47. The summed E-state index contributed by atoms with van der Waals surface area (Å²) in [5.41, 5.74) is 2.74. The monoisotopic (exact) mass is 325 g/mol. The van der Waals surface area contributed by atoms with Gasteiger partial charge < -0.3 is 9.84 Å². The van der Waals surface area contributed by atoms with Crippen molar-refractivity contribution in [1.29, 1.82) is 0 Å². The van der Waals surface area contributed by atoms with E-state index in [0.29, 0.717) is 35.0 Å². The molecule has 24 heavy (non-hydrogen) atoms. The number of rotatable bonds is 5. The van der Waals surface area contributed by atoms with E-state index in [4.69, 9.17) is 4.52 Å². The van der Waals surface area contributed by atoms with E-state index in [-0.39, 0.29) is 11.6 Å². The number of aryl methyl sites for hydroxylation is 1. The number of hydrogen-bond acceptors (Lipinski definition) is 5. The Morgan fingerprint density at radius 1 is 1.21 bits per heavy atom. The van der Waals surface area contributed by atoms with Crippen LogP contribution in [0.4, 0.5) is 10.1 Å². The van der Waals surface area contributed by atoms with E-state index in [9.17, 15) is 9.18 Å². The van der Waals surface area contributed by atoms with Gasteiger partial charge in [0.25, 0.3) is 0 Å². The van der Waals surface area contributed by atoms with Crippen molar-refractivity contribution >= 4 is 11.5 Å². The Balaban J connectivity index is 1.67. The van der Waals surface area contributed by atoms with E-state index in [1.165, 1.54) is 13.0 Å². The fraction of sp³-hybridized carbons (Fsp3) is 0.167. The van der Waals surface area contributed by atoms with E-state index in [2.05, 4.69) is 15.5 Å². The molecule has 0 aliphatic rings. The number of aromatic nitrogens is 2. The number of ketones is 1. The quantitative estimate of drug-likeness (QED) is 0.718. The highest BCUT2D eigenvalue weighted by Gasteiger charge is 2.10. The molecule has 1 N–H and O–H groups in total. The molecule has 0 saturated carbocycles. The lowest BCUT2D eigenvalue weighted by Gasteiger charge is -2.03. The predicted octanol–water partition coefficient (Wildman–Crippen LogP) is 4.00. The number of nitrogens with zero attached hydrogens (tertiary/aromatic N) is 2. The Morgan fingerprint density at radius 2 is 1.96 bits per heavy atom. The standard InChI is InChI=1S/C18H16FN3O2/c1-11-9-14(5-8-16(11)19)18-21-17(24-22-18)10-20-15-6-3-13(4-7-15)12(2)23/h3-9,20H,10H2,1-2H3. The molecule has 0 radical (unpaired) electrons. The van der Waals surface area contributed by atoms with E-state index < -0.39 is 0 Å². The lowest BCUT2D eigenvalue weighted by molar-refractivity contribution is 0.101. The van der Waals surface area contributed by atoms with Crippen LogP contribution in [0, 0.1) is 12.7 Å². The minimum Gasteiger partial charge on any atom is -0.376 e. The highest BCUT2D eigenvalue weighted by Crippen LogP contribution is 2.19. The number of nitrogens with one attached hydrogen (secondary N) is 1. The molecule has 0 saturated heterocycles. The fourth-order valence-corrected chi connectivity index (χ4v) is 2.23. The number of benzene rings is 2. The predicted molar refractivity (Wildman–Crippen MR) is 88.2 cm³/mol. The Kier molecular flexibility index (Phi) is 4.37. The fourth-order valence-electron chi connectivity index (χ4n) is 2.23. The average Bonchev–Trinajstić information content (AvgIpc) is 3.05. The molecule has 0 bridgehead atoms. The topological polar surface area (TPSA) is 68.0 Å². The van der Waals surface area contributed by atoms with Gasteiger partial charge in [-0.15, -0.1) is 0 Å². The molecule has 2 aromatic carbocycles. The highest BCUT2D eigenvalue weighted by molar-refractivity contribution is 5.94. The second-order valence-electron chi connectivity index (χ2n) is 5.46. The van der Waals surface area contributed by atoms with Crippen molar-refractivity contribution in [2.75, 3.05) is 5.32 Å². The van der Waals surface area contributed by atoms with Crippen LogP contribution in [0.1, 0.15) is 28.7 Å². The van der Waals surface area contributed by atoms with Crippen LogP contribution >= 0.6 is 0 Å². The summed E-state index contributed by atoms with van der Waals surface area (Å²) in [6.07, 6.45) is 0. The first kappa shape index (κ1) is 15.9. The zero-order chi connectivity index (χ0) is 17.1. The van der Waals surface area contributed by atoms with Crippen LogP contribution in [0.15, 0.2) is 47.0 Å². The summed E-state index contributed by atoms with van der Waals surface area (Å²) in [5.74, 6) is 0.597. The molecule has 3 rings (SSSR count). The first-order valence-corrected chi connectivity index (χ1v) is 7.47. The van der Waals surface area contributed by atoms with Gasteiger partial charge in [0, 0.05) is 16.8 Å². The number of hydrogen-bond donors (Lipinski definition) is 1. The maximum Gasteiger partial charge on any atom is 0.246 e. The minimum atomic E-state index is -0.266. The summed E-state index contributed by atoms with van der Waals surface area (Å²) in [6.45, 7) is 3.57. The van der Waals surface area contributed by atoms with Crippen LogP contribution < -0.4 is 5.32 Å². The second-order valence-corrected chi connectivity index (χ2v) is 5.46.